The first-order chi connectivity index (χ1) is 10.6. The first-order valence-electron chi connectivity index (χ1n) is 7.68. The maximum absolute atomic E-state index is 12.4. The van der Waals surface area contributed by atoms with Crippen molar-refractivity contribution in [3.63, 3.8) is 0 Å². The molecule has 0 heterocycles. The number of carbonyl (C=O) groups is 1. The first-order valence-corrected chi connectivity index (χ1v) is 8.56. The smallest absolute Gasteiger partial charge is 0.233 e. The molecule has 0 aliphatic carbocycles. The molecule has 2 aromatic carbocycles. The van der Waals surface area contributed by atoms with E-state index < -0.39 is 0 Å². The van der Waals surface area contributed by atoms with E-state index in [9.17, 15) is 4.79 Å². The van der Waals surface area contributed by atoms with Crippen molar-refractivity contribution >= 4 is 17.7 Å². The van der Waals surface area contributed by atoms with Crippen LogP contribution >= 0.6 is 11.8 Å². The summed E-state index contributed by atoms with van der Waals surface area (Å²) in [4.78, 5) is 13.5. The van der Waals surface area contributed by atoms with Gasteiger partial charge in [0.25, 0.3) is 0 Å². The average Bonchev–Trinajstić information content (AvgIpc) is 2.54. The van der Waals surface area contributed by atoms with Crippen LogP contribution in [0, 0.1) is 6.92 Å². The van der Waals surface area contributed by atoms with Crippen LogP contribution in [-0.2, 0) is 4.79 Å². The van der Waals surface area contributed by atoms with Gasteiger partial charge in [-0.3, -0.25) is 4.79 Å². The number of rotatable bonds is 6. The number of hydrogen-bond acceptors (Lipinski definition) is 2. The minimum Gasteiger partial charge on any atom is -0.348 e. The molecule has 2 aromatic rings. The van der Waals surface area contributed by atoms with E-state index in [1.807, 2.05) is 37.3 Å². The Morgan fingerprint density at radius 1 is 1.09 bits per heavy atom. The van der Waals surface area contributed by atoms with Crippen LogP contribution < -0.4 is 5.32 Å². The third-order valence-electron chi connectivity index (χ3n) is 3.63. The van der Waals surface area contributed by atoms with E-state index in [-0.39, 0.29) is 17.2 Å². The molecular formula is C19H23NOS. The first kappa shape index (κ1) is 16.6. The highest BCUT2D eigenvalue weighted by molar-refractivity contribution is 8.00. The Labute approximate surface area is 137 Å². The third-order valence-corrected chi connectivity index (χ3v) is 4.74. The Morgan fingerprint density at radius 2 is 1.73 bits per heavy atom. The van der Waals surface area contributed by atoms with Crippen molar-refractivity contribution in [1.29, 1.82) is 0 Å². The fourth-order valence-corrected chi connectivity index (χ4v) is 3.16. The lowest BCUT2D eigenvalue weighted by Crippen LogP contribution is -2.34. The van der Waals surface area contributed by atoms with Crippen LogP contribution in [0.15, 0.2) is 59.5 Å². The molecule has 0 fully saturated rings. The minimum atomic E-state index is -0.109. The zero-order chi connectivity index (χ0) is 15.9. The average molecular weight is 313 g/mol. The molecule has 1 amide bonds. The van der Waals surface area contributed by atoms with Crippen LogP contribution in [0.5, 0.6) is 0 Å². The van der Waals surface area contributed by atoms with Gasteiger partial charge in [0.05, 0.1) is 11.3 Å². The lowest BCUT2D eigenvalue weighted by Gasteiger charge is -2.20. The second-order valence-electron chi connectivity index (χ2n) is 5.45. The van der Waals surface area contributed by atoms with Gasteiger partial charge in [0.1, 0.15) is 0 Å². The van der Waals surface area contributed by atoms with Crippen LogP contribution in [0.1, 0.15) is 37.4 Å². The number of amides is 1. The molecule has 2 nitrogen and oxygen atoms in total. The van der Waals surface area contributed by atoms with Gasteiger partial charge in [-0.1, -0.05) is 55.0 Å². The summed E-state index contributed by atoms with van der Waals surface area (Å²) in [6.07, 6.45) is 0.886. The summed E-state index contributed by atoms with van der Waals surface area (Å²) in [5, 5.41) is 3.05. The Balaban J connectivity index is 1.98. The number of nitrogens with one attached hydrogen (secondary N) is 1. The van der Waals surface area contributed by atoms with Crippen molar-refractivity contribution < 1.29 is 4.79 Å². The van der Waals surface area contributed by atoms with Crippen LogP contribution in [-0.4, -0.2) is 11.2 Å². The van der Waals surface area contributed by atoms with Crippen LogP contribution in [0.4, 0.5) is 0 Å². The summed E-state index contributed by atoms with van der Waals surface area (Å²) in [5.41, 5.74) is 2.40. The zero-order valence-corrected chi connectivity index (χ0v) is 14.2. The van der Waals surface area contributed by atoms with Crippen molar-refractivity contribution in [2.45, 2.75) is 43.4 Å². The number of benzene rings is 2. The fraction of sp³-hybridized carbons (Fsp3) is 0.316. The molecule has 0 aliphatic heterocycles. The molecule has 116 valence electrons. The van der Waals surface area contributed by atoms with E-state index in [0.717, 1.165) is 11.3 Å². The summed E-state index contributed by atoms with van der Waals surface area (Å²) in [6.45, 7) is 6.12. The molecule has 0 saturated carbocycles. The van der Waals surface area contributed by atoms with E-state index in [0.29, 0.717) is 0 Å². The number of carbonyl (C=O) groups excluding carboxylic acids is 1. The van der Waals surface area contributed by atoms with Crippen LogP contribution in [0.2, 0.25) is 0 Å². The second kappa shape index (κ2) is 8.04. The van der Waals surface area contributed by atoms with Crippen molar-refractivity contribution in [2.75, 3.05) is 0 Å². The Bertz CT molecular complexity index is 595. The van der Waals surface area contributed by atoms with E-state index in [1.165, 1.54) is 11.1 Å². The highest BCUT2D eigenvalue weighted by Gasteiger charge is 2.18. The van der Waals surface area contributed by atoms with Crippen molar-refractivity contribution in [1.82, 2.24) is 5.32 Å². The number of thioether (sulfide) groups is 1. The van der Waals surface area contributed by atoms with Gasteiger partial charge in [0.2, 0.25) is 5.91 Å². The van der Waals surface area contributed by atoms with Crippen LogP contribution in [0.25, 0.3) is 0 Å². The summed E-state index contributed by atoms with van der Waals surface area (Å²) in [7, 11) is 0. The highest BCUT2D eigenvalue weighted by atomic mass is 32.2. The van der Waals surface area contributed by atoms with Gasteiger partial charge in [-0.05, 0) is 38.0 Å². The molecular weight excluding hydrogens is 290 g/mol. The summed E-state index contributed by atoms with van der Waals surface area (Å²) in [5.74, 6) is 0.0845. The van der Waals surface area contributed by atoms with Gasteiger partial charge in [-0.2, -0.15) is 0 Å². The predicted molar refractivity (Wildman–Crippen MR) is 94.1 cm³/mol. The summed E-state index contributed by atoms with van der Waals surface area (Å²) >= 11 is 1.59. The molecule has 0 aromatic heterocycles. The van der Waals surface area contributed by atoms with Crippen LogP contribution in [0.3, 0.4) is 0 Å². The maximum atomic E-state index is 12.4. The lowest BCUT2D eigenvalue weighted by atomic mass is 10.0. The van der Waals surface area contributed by atoms with Gasteiger partial charge in [-0.15, -0.1) is 11.8 Å². The number of aryl methyl sites for hydroxylation is 1. The molecule has 0 unspecified atom stereocenters. The zero-order valence-electron chi connectivity index (χ0n) is 13.4. The lowest BCUT2D eigenvalue weighted by molar-refractivity contribution is -0.121. The third kappa shape index (κ3) is 4.63. The van der Waals surface area contributed by atoms with E-state index in [1.54, 1.807) is 11.8 Å². The van der Waals surface area contributed by atoms with Gasteiger partial charge in [-0.25, -0.2) is 0 Å². The summed E-state index contributed by atoms with van der Waals surface area (Å²) < 4.78 is 0. The molecule has 0 bridgehead atoms. The molecule has 1 N–H and O–H groups in total. The largest absolute Gasteiger partial charge is 0.348 e. The molecule has 0 spiro atoms. The van der Waals surface area contributed by atoms with E-state index in [4.69, 9.17) is 0 Å². The fourth-order valence-electron chi connectivity index (χ4n) is 2.27. The van der Waals surface area contributed by atoms with Gasteiger partial charge in [0.15, 0.2) is 0 Å². The molecule has 22 heavy (non-hydrogen) atoms. The molecule has 2 rings (SSSR count). The Kier molecular flexibility index (Phi) is 6.08. The SMILES string of the molecule is CC[C@@H](NC(=O)[C@@H](C)Sc1ccccc1)c1ccc(C)cc1. The van der Waals surface area contributed by atoms with Crippen molar-refractivity contribution in [3.8, 4) is 0 Å². The van der Waals surface area contributed by atoms with Crippen molar-refractivity contribution in [3.05, 3.63) is 65.7 Å². The number of hydrogen-bond donors (Lipinski definition) is 1. The topological polar surface area (TPSA) is 29.1 Å². The highest BCUT2D eigenvalue weighted by Crippen LogP contribution is 2.24. The standard InChI is InChI=1S/C19H23NOS/c1-4-18(16-12-10-14(2)11-13-16)20-19(21)15(3)22-17-8-6-5-7-9-17/h5-13,15,18H,4H2,1-3H3,(H,20,21)/t15-,18-/m1/s1. The molecule has 0 saturated heterocycles. The summed E-state index contributed by atoms with van der Waals surface area (Å²) in [6, 6.07) is 18.5. The quantitative estimate of drug-likeness (QED) is 0.780. The second-order valence-corrected chi connectivity index (χ2v) is 6.87. The molecule has 0 aliphatic rings. The minimum absolute atomic E-state index is 0.0759. The maximum Gasteiger partial charge on any atom is 0.233 e. The van der Waals surface area contributed by atoms with Gasteiger partial charge < -0.3 is 5.32 Å². The molecule has 0 radical (unpaired) electrons. The van der Waals surface area contributed by atoms with E-state index in [2.05, 4.69) is 43.4 Å². The molecule has 3 heteroatoms. The normalized spacial score (nSPS) is 13.4. The Morgan fingerprint density at radius 3 is 2.32 bits per heavy atom. The Hall–Kier alpha value is -1.74. The monoisotopic (exact) mass is 313 g/mol. The van der Waals surface area contributed by atoms with E-state index >= 15 is 0 Å². The van der Waals surface area contributed by atoms with Gasteiger partial charge in [0, 0.05) is 4.90 Å². The predicted octanol–water partition coefficient (Wildman–Crippen LogP) is 4.74. The molecule has 2 atom stereocenters. The van der Waals surface area contributed by atoms with Crippen molar-refractivity contribution in [2.24, 2.45) is 0 Å². The van der Waals surface area contributed by atoms with Gasteiger partial charge >= 0.3 is 0 Å².